The van der Waals surface area contributed by atoms with Crippen LogP contribution in [0.3, 0.4) is 0 Å². The van der Waals surface area contributed by atoms with E-state index in [-0.39, 0.29) is 24.3 Å². The summed E-state index contributed by atoms with van der Waals surface area (Å²) in [6.07, 6.45) is -3.54. The quantitative estimate of drug-likeness (QED) is 0.785. The fourth-order valence-corrected chi connectivity index (χ4v) is 3.57. The lowest BCUT2D eigenvalue weighted by Crippen LogP contribution is -2.50. The van der Waals surface area contributed by atoms with Gasteiger partial charge in [-0.1, -0.05) is 37.3 Å². The van der Waals surface area contributed by atoms with Gasteiger partial charge in [-0.25, -0.2) is 0 Å². The topological polar surface area (TPSA) is 41.6 Å². The number of halogens is 3. The molecule has 2 aromatic carbocycles. The molecule has 0 radical (unpaired) electrons. The highest BCUT2D eigenvalue weighted by molar-refractivity contribution is 5.77. The highest BCUT2D eigenvalue weighted by atomic mass is 19.4. The van der Waals surface area contributed by atoms with E-state index in [1.807, 2.05) is 18.2 Å². The summed E-state index contributed by atoms with van der Waals surface area (Å²) < 4.78 is 43.0. The largest absolute Gasteiger partial charge is 0.484 e. The summed E-state index contributed by atoms with van der Waals surface area (Å²) in [7, 11) is 0. The molecule has 7 heteroatoms. The average Bonchev–Trinajstić information content (AvgIpc) is 2.69. The van der Waals surface area contributed by atoms with Crippen molar-refractivity contribution in [2.24, 2.45) is 5.92 Å². The van der Waals surface area contributed by atoms with Gasteiger partial charge in [-0.3, -0.25) is 9.69 Å². The normalized spacial score (nSPS) is 20.3. The summed E-state index contributed by atoms with van der Waals surface area (Å²) in [5.74, 6) is 0.264. The Morgan fingerprint density at radius 2 is 1.83 bits per heavy atom. The van der Waals surface area contributed by atoms with Gasteiger partial charge in [0.2, 0.25) is 0 Å². The van der Waals surface area contributed by atoms with Gasteiger partial charge in [-0.05, 0) is 42.2 Å². The molecule has 2 aromatic rings. The van der Waals surface area contributed by atoms with Crippen molar-refractivity contribution in [1.29, 1.82) is 0 Å². The molecule has 2 atom stereocenters. The number of likely N-dealkylation sites (tertiary alicyclic amines) is 1. The number of rotatable bonds is 6. The first kappa shape index (κ1) is 21.2. The van der Waals surface area contributed by atoms with Crippen molar-refractivity contribution in [3.8, 4) is 5.75 Å². The van der Waals surface area contributed by atoms with Crippen LogP contribution in [0.15, 0.2) is 54.6 Å². The zero-order valence-corrected chi connectivity index (χ0v) is 16.3. The van der Waals surface area contributed by atoms with Crippen molar-refractivity contribution in [3.05, 3.63) is 65.7 Å². The van der Waals surface area contributed by atoms with E-state index in [0.717, 1.165) is 38.2 Å². The van der Waals surface area contributed by atoms with E-state index in [1.165, 1.54) is 17.7 Å². The van der Waals surface area contributed by atoms with E-state index >= 15 is 0 Å². The molecular formula is C22H25F3N2O2. The second-order valence-electron chi connectivity index (χ2n) is 7.47. The molecule has 3 rings (SSSR count). The molecule has 1 saturated heterocycles. The number of carbonyl (C=O) groups excluding carboxylic acids is 1. The molecule has 0 aliphatic carbocycles. The minimum atomic E-state index is -4.39. The van der Waals surface area contributed by atoms with Crippen molar-refractivity contribution < 1.29 is 22.7 Å². The number of nitrogens with zero attached hydrogens (tertiary/aromatic N) is 1. The van der Waals surface area contributed by atoms with E-state index in [4.69, 9.17) is 4.74 Å². The maximum atomic E-state index is 12.6. The average molecular weight is 406 g/mol. The van der Waals surface area contributed by atoms with Crippen molar-refractivity contribution in [2.75, 3.05) is 19.7 Å². The molecule has 0 spiro atoms. The minimum absolute atomic E-state index is 0.0609. The summed E-state index contributed by atoms with van der Waals surface area (Å²) in [6, 6.07) is 14.7. The summed E-state index contributed by atoms with van der Waals surface area (Å²) in [5.41, 5.74) is 0.525. The van der Waals surface area contributed by atoms with Crippen LogP contribution in [0.2, 0.25) is 0 Å². The van der Waals surface area contributed by atoms with E-state index in [2.05, 4.69) is 29.3 Å². The van der Waals surface area contributed by atoms with Crippen molar-refractivity contribution in [1.82, 2.24) is 10.2 Å². The monoisotopic (exact) mass is 406 g/mol. The maximum Gasteiger partial charge on any atom is 0.416 e. The third-order valence-electron chi connectivity index (χ3n) is 5.14. The van der Waals surface area contributed by atoms with Crippen molar-refractivity contribution >= 4 is 5.91 Å². The predicted octanol–water partition coefficient (Wildman–Crippen LogP) is 4.11. The summed E-state index contributed by atoms with van der Waals surface area (Å²) in [6.45, 7) is 4.56. The first-order valence-corrected chi connectivity index (χ1v) is 9.67. The number of hydrogen-bond acceptors (Lipinski definition) is 3. The highest BCUT2D eigenvalue weighted by Crippen LogP contribution is 2.30. The van der Waals surface area contributed by atoms with Gasteiger partial charge >= 0.3 is 6.18 Å². The van der Waals surface area contributed by atoms with Crippen LogP contribution in [0.5, 0.6) is 5.75 Å². The molecule has 1 fully saturated rings. The van der Waals surface area contributed by atoms with Gasteiger partial charge in [0.15, 0.2) is 6.61 Å². The van der Waals surface area contributed by atoms with Crippen LogP contribution in [0, 0.1) is 5.92 Å². The van der Waals surface area contributed by atoms with Crippen molar-refractivity contribution in [3.63, 3.8) is 0 Å². The molecule has 0 unspecified atom stereocenters. The van der Waals surface area contributed by atoms with Gasteiger partial charge in [0, 0.05) is 25.7 Å². The standard InChI is InChI=1S/C22H25F3N2O2/c1-16-13-27(14-17-5-3-2-4-6-17)12-11-20(16)26-21(28)15-29-19-9-7-18(8-10-19)22(23,24)25/h2-10,16,20H,11-15H2,1H3,(H,26,28)/t16-,20-/m0/s1. The number of benzene rings is 2. The number of carbonyl (C=O) groups is 1. The number of alkyl halides is 3. The molecule has 1 aliphatic heterocycles. The van der Waals surface area contributed by atoms with Crippen LogP contribution in [-0.4, -0.2) is 36.5 Å². The predicted molar refractivity (Wildman–Crippen MR) is 104 cm³/mol. The van der Waals surface area contributed by atoms with E-state index in [1.54, 1.807) is 0 Å². The van der Waals surface area contributed by atoms with E-state index in [0.29, 0.717) is 5.92 Å². The molecule has 29 heavy (non-hydrogen) atoms. The molecule has 1 heterocycles. The Labute approximate surface area is 168 Å². The molecule has 0 saturated carbocycles. The third kappa shape index (κ3) is 6.22. The van der Waals surface area contributed by atoms with E-state index in [9.17, 15) is 18.0 Å². The molecule has 0 bridgehead atoms. The first-order chi connectivity index (χ1) is 13.8. The van der Waals surface area contributed by atoms with Gasteiger partial charge in [0.1, 0.15) is 5.75 Å². The lowest BCUT2D eigenvalue weighted by Gasteiger charge is -2.37. The Kier molecular flexibility index (Phi) is 6.79. The summed E-state index contributed by atoms with van der Waals surface area (Å²) in [5, 5.41) is 2.99. The van der Waals surface area contributed by atoms with Gasteiger partial charge in [0.05, 0.1) is 5.56 Å². The van der Waals surface area contributed by atoms with Gasteiger partial charge < -0.3 is 10.1 Å². The molecule has 1 amide bonds. The fraction of sp³-hybridized carbons (Fsp3) is 0.409. The summed E-state index contributed by atoms with van der Waals surface area (Å²) in [4.78, 5) is 14.6. The van der Waals surface area contributed by atoms with Gasteiger partial charge in [-0.2, -0.15) is 13.2 Å². The second-order valence-corrected chi connectivity index (χ2v) is 7.47. The molecule has 156 valence electrons. The highest BCUT2D eigenvalue weighted by Gasteiger charge is 2.30. The lowest BCUT2D eigenvalue weighted by molar-refractivity contribution is -0.137. The number of amides is 1. The molecule has 1 aliphatic rings. The second kappa shape index (κ2) is 9.31. The van der Waals surface area contributed by atoms with Crippen LogP contribution < -0.4 is 10.1 Å². The minimum Gasteiger partial charge on any atom is -0.484 e. The van der Waals surface area contributed by atoms with Crippen molar-refractivity contribution in [2.45, 2.75) is 32.1 Å². The lowest BCUT2D eigenvalue weighted by atomic mass is 9.93. The van der Waals surface area contributed by atoms with Crippen LogP contribution in [0.4, 0.5) is 13.2 Å². The summed E-state index contributed by atoms with van der Waals surface area (Å²) >= 11 is 0. The number of ether oxygens (including phenoxy) is 1. The zero-order chi connectivity index (χ0) is 20.9. The Morgan fingerprint density at radius 3 is 2.45 bits per heavy atom. The fourth-order valence-electron chi connectivity index (χ4n) is 3.57. The van der Waals surface area contributed by atoms with E-state index < -0.39 is 11.7 Å². The zero-order valence-electron chi connectivity index (χ0n) is 16.3. The van der Waals surface area contributed by atoms with Gasteiger partial charge in [-0.15, -0.1) is 0 Å². The van der Waals surface area contributed by atoms with Crippen LogP contribution >= 0.6 is 0 Å². The number of nitrogens with one attached hydrogen (secondary N) is 1. The first-order valence-electron chi connectivity index (χ1n) is 9.67. The molecule has 0 aromatic heterocycles. The Morgan fingerprint density at radius 1 is 1.14 bits per heavy atom. The number of hydrogen-bond donors (Lipinski definition) is 1. The number of piperidine rings is 1. The maximum absolute atomic E-state index is 12.6. The smallest absolute Gasteiger partial charge is 0.416 e. The van der Waals surface area contributed by atoms with Crippen LogP contribution in [0.1, 0.15) is 24.5 Å². The molecular weight excluding hydrogens is 381 g/mol. The Bertz CT molecular complexity index is 794. The Hall–Kier alpha value is -2.54. The van der Waals surface area contributed by atoms with Gasteiger partial charge in [0.25, 0.3) is 5.91 Å². The van der Waals surface area contributed by atoms with Crippen LogP contribution in [-0.2, 0) is 17.5 Å². The molecule has 4 nitrogen and oxygen atoms in total. The SMILES string of the molecule is C[C@H]1CN(Cc2ccccc2)CC[C@@H]1NC(=O)COc1ccc(C(F)(F)F)cc1. The third-order valence-corrected chi connectivity index (χ3v) is 5.14. The van der Waals surface area contributed by atoms with Crippen LogP contribution in [0.25, 0.3) is 0 Å². The molecule has 1 N–H and O–H groups in total. The Balaban J connectivity index is 1.43.